The minimum atomic E-state index is -5.81. The summed E-state index contributed by atoms with van der Waals surface area (Å²) >= 11 is 1.72. The molecular weight excluding hydrogens is 1030 g/mol. The number of ether oxygens (including phenoxy) is 1. The number of carbonyl (C=O) groups is 2. The van der Waals surface area contributed by atoms with E-state index in [1.54, 1.807) is 11.3 Å². The number of aromatic nitrogens is 4. The van der Waals surface area contributed by atoms with Crippen LogP contribution in [0.1, 0.15) is 55.1 Å². The molecule has 0 spiro atoms. The third kappa shape index (κ3) is 13.9. The molecule has 6 atom stereocenters. The minimum absolute atomic E-state index is 0.0123. The number of anilines is 3. The summed E-state index contributed by atoms with van der Waals surface area (Å²) in [6.07, 6.45) is -1.88. The van der Waals surface area contributed by atoms with Gasteiger partial charge in [-0.05, 0) is 54.7 Å². The number of phosphoric ester groups is 1. The molecule has 1 saturated heterocycles. The van der Waals surface area contributed by atoms with Crippen molar-refractivity contribution in [1.82, 2.24) is 34.7 Å². The molecule has 3 aliphatic rings. The van der Waals surface area contributed by atoms with Crippen LogP contribution in [0.5, 0.6) is 0 Å². The summed E-state index contributed by atoms with van der Waals surface area (Å²) in [5.41, 5.74) is 10.7. The molecule has 2 aromatic carbocycles. The van der Waals surface area contributed by atoms with E-state index in [0.717, 1.165) is 61.9 Å². The van der Waals surface area contributed by atoms with Gasteiger partial charge in [-0.3, -0.25) is 18.7 Å². The van der Waals surface area contributed by atoms with Gasteiger partial charge in [-0.1, -0.05) is 37.1 Å². The second-order valence-corrected chi connectivity index (χ2v) is 22.9. The van der Waals surface area contributed by atoms with E-state index in [4.69, 9.17) is 20.3 Å². The Bertz CT molecular complexity index is 3170. The second kappa shape index (κ2) is 23.5. The summed E-state index contributed by atoms with van der Waals surface area (Å²) in [6, 6.07) is 20.4. The number of nitrogen functional groups attached to an aromatic ring is 1. The molecule has 0 saturated carbocycles. The molecule has 2 aliphatic heterocycles. The summed E-state index contributed by atoms with van der Waals surface area (Å²) in [4.78, 5) is 79.1. The highest BCUT2D eigenvalue weighted by atomic mass is 32.1. The van der Waals surface area contributed by atoms with Crippen molar-refractivity contribution in [3.63, 3.8) is 0 Å². The molecule has 7 rings (SSSR count). The van der Waals surface area contributed by atoms with E-state index < -0.39 is 54.6 Å². The number of hydrogen-bond donors (Lipinski definition) is 10. The van der Waals surface area contributed by atoms with E-state index >= 15 is 0 Å². The van der Waals surface area contributed by atoms with Crippen molar-refractivity contribution < 1.29 is 71.0 Å². The minimum Gasteiger partial charge on any atom is -0.387 e. The fourth-order valence-electron chi connectivity index (χ4n) is 8.12. The number of benzene rings is 3. The maximum atomic E-state index is 13.8. The topological polar surface area (TPSA) is 356 Å². The number of aliphatic hydroxyl groups excluding tert-OH is 2. The van der Waals surface area contributed by atoms with Crippen LogP contribution in [0.2, 0.25) is 0 Å². The van der Waals surface area contributed by atoms with Crippen LogP contribution in [0.4, 0.5) is 17.5 Å². The lowest BCUT2D eigenvalue weighted by Crippen LogP contribution is -2.33. The number of imidazole rings is 1. The first-order valence-electron chi connectivity index (χ1n) is 22.9. The fourth-order valence-corrected chi connectivity index (χ4v) is 12.3. The highest BCUT2D eigenvalue weighted by Gasteiger charge is 2.48. The lowest BCUT2D eigenvalue weighted by Gasteiger charge is -2.20. The van der Waals surface area contributed by atoms with E-state index in [1.807, 2.05) is 52.5 Å². The molecule has 1 fully saturated rings. The van der Waals surface area contributed by atoms with E-state index in [2.05, 4.69) is 89.9 Å². The van der Waals surface area contributed by atoms with E-state index in [0.29, 0.717) is 44.5 Å². The third-order valence-electron chi connectivity index (χ3n) is 11.7. The fraction of sp³-hybridized carbons (Fsp3) is 0.409. The average molecular weight is 1090 g/mol. The molecule has 29 heteroatoms. The van der Waals surface area contributed by atoms with E-state index in [9.17, 15) is 43.3 Å². The van der Waals surface area contributed by atoms with Gasteiger partial charge in [0.2, 0.25) is 17.2 Å². The van der Waals surface area contributed by atoms with Crippen LogP contribution in [0.25, 0.3) is 42.8 Å². The molecule has 1 aliphatic carbocycles. The molecular formula is C44H58N10O15P3S+. The lowest BCUT2D eigenvalue weighted by molar-refractivity contribution is -0.121. The Labute approximate surface area is 422 Å². The highest BCUT2D eigenvalue weighted by molar-refractivity contribution is 7.66. The zero-order chi connectivity index (χ0) is 52.8. The molecule has 11 N–H and O–H groups in total. The zero-order valence-electron chi connectivity index (χ0n) is 40.1. The summed E-state index contributed by atoms with van der Waals surface area (Å²) in [5, 5.41) is 33.0. The van der Waals surface area contributed by atoms with Gasteiger partial charge in [0.25, 0.3) is 5.91 Å². The monoisotopic (exact) mass is 1090 g/mol. The van der Waals surface area contributed by atoms with Crippen LogP contribution >= 0.6 is 34.8 Å². The summed E-state index contributed by atoms with van der Waals surface area (Å²) in [7, 11) is -8.96. The van der Waals surface area contributed by atoms with Gasteiger partial charge in [-0.25, -0.2) is 33.2 Å². The molecule has 25 nitrogen and oxygen atoms in total. The predicted molar refractivity (Wildman–Crippen MR) is 272 cm³/mol. The number of hydrogen-bond acceptors (Lipinski definition) is 18. The maximum Gasteiger partial charge on any atom is 0.490 e. The Kier molecular flexibility index (Phi) is 17.9. The normalized spacial score (nSPS) is 18.7. The third-order valence-corrected chi connectivity index (χ3v) is 16.6. The molecule has 2 unspecified atom stereocenters. The van der Waals surface area contributed by atoms with Crippen LogP contribution < -0.4 is 36.5 Å². The Morgan fingerprint density at radius 2 is 1.59 bits per heavy atom. The first-order chi connectivity index (χ1) is 34.5. The molecule has 4 aromatic rings. The van der Waals surface area contributed by atoms with Crippen LogP contribution in [-0.4, -0.2) is 134 Å². The Morgan fingerprint density at radius 3 is 2.32 bits per heavy atom. The first kappa shape index (κ1) is 55.5. The highest BCUT2D eigenvalue weighted by Crippen LogP contribution is 2.66. The number of nitrogens with zero attached hydrogens (tertiary/aromatic N) is 6. The van der Waals surface area contributed by atoms with E-state index in [1.165, 1.54) is 4.57 Å². The number of unbranched alkanes of at least 4 members (excludes halogenated alkanes) is 3. The SMILES string of the molecule is CN(C)c1ccc2c(-c3ccccc3C(=O)NCCCC(=O)NCCCCCCNc3nc4c(N)ncnc4n3[C@@H]3O[C@H](COP(=O)(O)OP(=O)(O)OP(=O)(O)O)[C@@H](O)[C@H]3O)c3ccc(=[N+](C)C)cc-3sc2c1. The maximum absolute atomic E-state index is 13.8. The number of fused-ring (bicyclic) bond motifs is 3. The largest absolute Gasteiger partial charge is 0.490 e. The van der Waals surface area contributed by atoms with Gasteiger partial charge in [0.15, 0.2) is 23.2 Å². The molecule has 2 aromatic heterocycles. The standard InChI is InChI=1S/C44H57N10O15P3S/c1-52(2)26-15-17-30-33(22-26)73-34-23-27(53(3)4)16-18-31(34)36(30)28-12-7-8-13-29(28)42(58)47-21-11-14-35(55)46-19-9-5-6-10-20-48-44-51-37-40(45)49-25-50-41(37)54(44)43-39(57)38(56)32(67-43)24-66-71(62,63)69-72(64,65)68-70(59,60)61/h7-8,12-13,15-18,22-23,25,32,38-39,43,45,47,56-57H,5-6,9-11,14,19-21,24H2,1-4H3,(H6,46,55,58,59,60,61,62,63,64,65)/p+1/t32-,38-,39-,43-/m1/s1. The van der Waals surface area contributed by atoms with Crippen molar-refractivity contribution in [2.75, 3.05) is 70.4 Å². The van der Waals surface area contributed by atoms with Gasteiger partial charge in [0.05, 0.1) is 6.61 Å². The number of phosphoric acid groups is 3. The number of rotatable bonds is 23. The Morgan fingerprint density at radius 1 is 0.863 bits per heavy atom. The van der Waals surface area contributed by atoms with Crippen LogP contribution in [0.15, 0.2) is 67.0 Å². The van der Waals surface area contributed by atoms with Crippen molar-refractivity contribution in [1.29, 1.82) is 0 Å². The summed E-state index contributed by atoms with van der Waals surface area (Å²) in [5.74, 6) is -0.263. The summed E-state index contributed by atoms with van der Waals surface area (Å²) in [6.45, 7) is 0.0875. The quantitative estimate of drug-likeness (QED) is 0.0189. The first-order valence-corrected chi connectivity index (χ1v) is 28.2. The van der Waals surface area contributed by atoms with Crippen molar-refractivity contribution in [2.24, 2.45) is 0 Å². The lowest BCUT2D eigenvalue weighted by atomic mass is 9.91. The van der Waals surface area contributed by atoms with Crippen molar-refractivity contribution >= 4 is 85.3 Å². The van der Waals surface area contributed by atoms with Crippen LogP contribution in [0.3, 0.4) is 0 Å². The van der Waals surface area contributed by atoms with Gasteiger partial charge < -0.3 is 61.1 Å². The second-order valence-electron chi connectivity index (χ2n) is 17.4. The van der Waals surface area contributed by atoms with Gasteiger partial charge in [-0.2, -0.15) is 8.62 Å². The van der Waals surface area contributed by atoms with Crippen molar-refractivity contribution in [2.45, 2.75) is 63.1 Å². The van der Waals surface area contributed by atoms with Crippen LogP contribution in [0, 0.1) is 0 Å². The molecule has 394 valence electrons. The molecule has 4 heterocycles. The number of amides is 2. The van der Waals surface area contributed by atoms with Gasteiger partial charge in [0.1, 0.15) is 38.7 Å². The number of carbonyl (C=O) groups excluding carboxylic acids is 2. The number of aliphatic hydroxyl groups is 2. The van der Waals surface area contributed by atoms with Gasteiger partial charge in [-0.15, -0.1) is 11.3 Å². The molecule has 0 radical (unpaired) electrons. The molecule has 0 bridgehead atoms. The predicted octanol–water partition coefficient (Wildman–Crippen LogP) is 3.75. The summed E-state index contributed by atoms with van der Waals surface area (Å²) < 4.78 is 57.2. The molecule has 73 heavy (non-hydrogen) atoms. The van der Waals surface area contributed by atoms with Gasteiger partial charge >= 0.3 is 23.5 Å². The average Bonchev–Trinajstić information content (AvgIpc) is 3.83. The van der Waals surface area contributed by atoms with Gasteiger partial charge in [0, 0.05) is 84.1 Å². The Hall–Kier alpha value is -5.27. The van der Waals surface area contributed by atoms with Crippen molar-refractivity contribution in [3.05, 3.63) is 77.9 Å². The van der Waals surface area contributed by atoms with E-state index in [-0.39, 0.29) is 41.2 Å². The smallest absolute Gasteiger partial charge is 0.387 e. The zero-order valence-corrected chi connectivity index (χ0v) is 43.6. The Balaban J connectivity index is 0.865. The van der Waals surface area contributed by atoms with Crippen molar-refractivity contribution in [3.8, 4) is 21.6 Å². The number of nitrogens with one attached hydrogen (secondary N) is 3. The molecule has 2 amide bonds. The number of nitrogens with two attached hydrogens (primary N) is 1. The van der Waals surface area contributed by atoms with Crippen LogP contribution in [-0.2, 0) is 36.4 Å².